The molecule has 2 aromatic heterocycles. The SMILES string of the molecule is Nc1ncnc2c1ncn2[C@H]1CC[C@@H](COP(=O)(O)OP(=O)(O)OP(=O)([O-])[O-])O1.[Na+].[Na+]. The third kappa shape index (κ3) is 8.46. The molecule has 3 rings (SSSR count). The maximum Gasteiger partial charge on any atom is 1.00 e. The summed E-state index contributed by atoms with van der Waals surface area (Å²) >= 11 is 0. The Morgan fingerprint density at radius 3 is 2.45 bits per heavy atom. The third-order valence-corrected chi connectivity index (χ3v) is 7.37. The number of ether oxygens (including phenoxy) is 1. The number of phosphoric ester groups is 1. The molecule has 4 atom stereocenters. The molecule has 2 aromatic rings. The van der Waals surface area contributed by atoms with Crippen molar-refractivity contribution in [3.05, 3.63) is 12.7 Å². The first-order valence-electron chi connectivity index (χ1n) is 7.68. The molecule has 1 saturated heterocycles. The van der Waals surface area contributed by atoms with E-state index < -0.39 is 42.4 Å². The molecule has 0 radical (unpaired) electrons. The number of imidazole rings is 1. The van der Waals surface area contributed by atoms with E-state index >= 15 is 0 Å². The van der Waals surface area contributed by atoms with E-state index in [2.05, 4.69) is 28.1 Å². The largest absolute Gasteiger partial charge is 1.00 e. The number of aromatic nitrogens is 4. The van der Waals surface area contributed by atoms with E-state index in [4.69, 9.17) is 15.4 Å². The number of phosphoric acid groups is 3. The molecule has 162 valence electrons. The van der Waals surface area contributed by atoms with Gasteiger partial charge in [0.05, 0.1) is 26.9 Å². The fourth-order valence-corrected chi connectivity index (χ4v) is 5.55. The van der Waals surface area contributed by atoms with Gasteiger partial charge < -0.3 is 34.6 Å². The van der Waals surface area contributed by atoms with Gasteiger partial charge in [0.15, 0.2) is 11.5 Å². The molecule has 1 aliphatic rings. The Bertz CT molecular complexity index is 1050. The zero-order valence-corrected chi connectivity index (χ0v) is 22.9. The monoisotopic (exact) mass is 519 g/mol. The van der Waals surface area contributed by atoms with Gasteiger partial charge in [0, 0.05) is 0 Å². The summed E-state index contributed by atoms with van der Waals surface area (Å²) in [7, 11) is -16.9. The van der Waals surface area contributed by atoms with Crippen LogP contribution in [-0.2, 0) is 31.6 Å². The average molecular weight is 519 g/mol. The van der Waals surface area contributed by atoms with Crippen molar-refractivity contribution in [3.63, 3.8) is 0 Å². The zero-order chi connectivity index (χ0) is 21.4. The Labute approximate surface area is 218 Å². The molecule has 4 N–H and O–H groups in total. The quantitative estimate of drug-likeness (QED) is 0.217. The fourth-order valence-electron chi connectivity index (χ4n) is 2.57. The van der Waals surface area contributed by atoms with Crippen molar-refractivity contribution in [2.24, 2.45) is 0 Å². The van der Waals surface area contributed by atoms with Crippen molar-refractivity contribution in [3.8, 4) is 0 Å². The first kappa shape index (κ1) is 29.8. The maximum atomic E-state index is 11.7. The molecule has 0 aromatic carbocycles. The van der Waals surface area contributed by atoms with Gasteiger partial charge >= 0.3 is 74.8 Å². The molecule has 0 saturated carbocycles. The van der Waals surface area contributed by atoms with E-state index in [1.165, 1.54) is 12.7 Å². The van der Waals surface area contributed by atoms with Gasteiger partial charge in [-0.05, 0) is 12.8 Å². The number of hydrogen-bond acceptors (Lipinski definition) is 13. The molecule has 1 fully saturated rings. The van der Waals surface area contributed by atoms with Crippen LogP contribution < -0.4 is 74.6 Å². The smallest absolute Gasteiger partial charge is 0.789 e. The number of anilines is 1. The minimum absolute atomic E-state index is 0. The van der Waals surface area contributed by atoms with E-state index in [0.717, 1.165) is 0 Å². The van der Waals surface area contributed by atoms with Gasteiger partial charge in [-0.25, -0.2) is 24.1 Å². The summed E-state index contributed by atoms with van der Waals surface area (Å²) in [6, 6.07) is 0. The van der Waals surface area contributed by atoms with Gasteiger partial charge in [0.2, 0.25) is 0 Å². The van der Waals surface area contributed by atoms with Crippen LogP contribution in [0.1, 0.15) is 19.1 Å². The Hall–Kier alpha value is 0.720. The Morgan fingerprint density at radius 1 is 1.13 bits per heavy atom. The molecule has 2 unspecified atom stereocenters. The van der Waals surface area contributed by atoms with Gasteiger partial charge in [-0.3, -0.25) is 13.4 Å². The molecule has 1 aliphatic heterocycles. The summed E-state index contributed by atoms with van der Waals surface area (Å²) < 4.78 is 52.0. The predicted octanol–water partition coefficient (Wildman–Crippen LogP) is -6.83. The summed E-state index contributed by atoms with van der Waals surface area (Å²) in [5.74, 6) is 0.182. The number of fused-ring (bicyclic) bond motifs is 1. The molecule has 3 heterocycles. The van der Waals surface area contributed by atoms with E-state index in [0.29, 0.717) is 24.0 Å². The second kappa shape index (κ2) is 11.4. The Kier molecular flexibility index (Phi) is 11.0. The van der Waals surface area contributed by atoms with Gasteiger partial charge in [-0.1, -0.05) is 0 Å². The Morgan fingerprint density at radius 2 is 1.81 bits per heavy atom. The second-order valence-electron chi connectivity index (χ2n) is 5.72. The zero-order valence-electron chi connectivity index (χ0n) is 16.2. The number of nitrogens with zero attached hydrogens (tertiary/aromatic N) is 4. The van der Waals surface area contributed by atoms with Crippen LogP contribution in [0.3, 0.4) is 0 Å². The summed E-state index contributed by atoms with van der Waals surface area (Å²) in [5, 5.41) is 0. The van der Waals surface area contributed by atoms with Crippen molar-refractivity contribution < 1.29 is 110 Å². The predicted molar refractivity (Wildman–Crippen MR) is 88.3 cm³/mol. The van der Waals surface area contributed by atoms with Crippen LogP contribution in [0.4, 0.5) is 5.82 Å². The summed E-state index contributed by atoms with van der Waals surface area (Å²) in [4.78, 5) is 51.1. The first-order chi connectivity index (χ1) is 13.4. The van der Waals surface area contributed by atoms with Crippen LogP contribution in [-0.4, -0.2) is 42.0 Å². The van der Waals surface area contributed by atoms with Gasteiger partial charge in [-0.15, -0.1) is 0 Å². The molecule has 16 nitrogen and oxygen atoms in total. The molecule has 31 heavy (non-hydrogen) atoms. The molecular weight excluding hydrogens is 505 g/mol. The molecule has 0 spiro atoms. The number of rotatable bonds is 8. The van der Waals surface area contributed by atoms with E-state index in [9.17, 15) is 28.4 Å². The molecule has 0 bridgehead atoms. The maximum absolute atomic E-state index is 11.7. The van der Waals surface area contributed by atoms with Crippen LogP contribution in [0.2, 0.25) is 0 Å². The standard InChI is InChI=1S/C10H16N5O11P3.2Na/c11-9-8-10(13-4-12-9)15(5-14-8)7-2-1-6(24-7)3-23-28(19,20)26-29(21,22)25-27(16,17)18;;/h4-7H,1-3H2,(H,19,20)(H,21,22)(H2,11,12,13)(H2,16,17,18);;/q;2*+1/p-2/t6-,7+;;/m0../s1. The molecule has 0 amide bonds. The minimum atomic E-state index is -5.95. The molecule has 0 aliphatic carbocycles. The number of nitrogens with two attached hydrogens (primary N) is 1. The fraction of sp³-hybridized carbons (Fsp3) is 0.500. The van der Waals surface area contributed by atoms with Crippen LogP contribution in [0.25, 0.3) is 11.2 Å². The third-order valence-electron chi connectivity index (χ3n) is 3.62. The normalized spacial score (nSPS) is 22.8. The average Bonchev–Trinajstić information content (AvgIpc) is 3.16. The summed E-state index contributed by atoms with van der Waals surface area (Å²) in [6.45, 7) is -0.555. The second-order valence-corrected chi connectivity index (χ2v) is 10.0. The van der Waals surface area contributed by atoms with Gasteiger partial charge in [-0.2, -0.15) is 4.31 Å². The van der Waals surface area contributed by atoms with E-state index in [1.807, 2.05) is 0 Å². The van der Waals surface area contributed by atoms with Crippen molar-refractivity contribution in [1.82, 2.24) is 19.5 Å². The molecular formula is C10H14N5Na2O11P3. The number of hydrogen-bond donors (Lipinski definition) is 3. The summed E-state index contributed by atoms with van der Waals surface area (Å²) in [5.41, 5.74) is 6.50. The number of nitrogen functional groups attached to an aromatic ring is 1. The van der Waals surface area contributed by atoms with Crippen LogP contribution in [0.5, 0.6) is 0 Å². The van der Waals surface area contributed by atoms with Gasteiger partial charge in [0.25, 0.3) is 0 Å². The topological polar surface area (TPSA) is 244 Å². The van der Waals surface area contributed by atoms with E-state index in [1.54, 1.807) is 4.57 Å². The van der Waals surface area contributed by atoms with Crippen LogP contribution in [0, 0.1) is 0 Å². The van der Waals surface area contributed by atoms with Gasteiger partial charge in [0.1, 0.15) is 18.1 Å². The van der Waals surface area contributed by atoms with Crippen molar-refractivity contribution in [2.45, 2.75) is 25.2 Å². The van der Waals surface area contributed by atoms with Crippen molar-refractivity contribution in [1.29, 1.82) is 0 Å². The first-order valence-corrected chi connectivity index (χ1v) is 12.1. The van der Waals surface area contributed by atoms with E-state index in [-0.39, 0.29) is 64.9 Å². The van der Waals surface area contributed by atoms with Crippen LogP contribution in [0.15, 0.2) is 12.7 Å². The van der Waals surface area contributed by atoms with Crippen molar-refractivity contribution >= 4 is 40.4 Å². The Balaban J connectivity index is 0.00000240. The minimum Gasteiger partial charge on any atom is -0.789 e. The van der Waals surface area contributed by atoms with Crippen LogP contribution >= 0.6 is 23.5 Å². The molecule has 21 heteroatoms. The summed E-state index contributed by atoms with van der Waals surface area (Å²) in [6.07, 6.45) is 2.20. The van der Waals surface area contributed by atoms with Crippen molar-refractivity contribution in [2.75, 3.05) is 12.3 Å².